The SMILES string of the molecule is COc1ccc(S(=O)(=O)N(CC(=O)Nc2cccc(C)c2C)c2ccccc2)cc1C. The van der Waals surface area contributed by atoms with E-state index in [9.17, 15) is 13.2 Å². The summed E-state index contributed by atoms with van der Waals surface area (Å²) < 4.78 is 33.4. The molecule has 0 heterocycles. The Hall–Kier alpha value is -3.32. The Labute approximate surface area is 183 Å². The zero-order valence-corrected chi connectivity index (χ0v) is 18.9. The van der Waals surface area contributed by atoms with Crippen molar-refractivity contribution in [3.05, 3.63) is 83.4 Å². The summed E-state index contributed by atoms with van der Waals surface area (Å²) in [6.07, 6.45) is 0. The molecule has 0 saturated carbocycles. The number of para-hydroxylation sites is 1. The number of nitrogens with one attached hydrogen (secondary N) is 1. The van der Waals surface area contributed by atoms with Crippen LogP contribution in [0.1, 0.15) is 16.7 Å². The van der Waals surface area contributed by atoms with Gasteiger partial charge in [-0.2, -0.15) is 0 Å². The third-order valence-electron chi connectivity index (χ3n) is 5.16. The van der Waals surface area contributed by atoms with E-state index in [1.54, 1.807) is 55.5 Å². The first-order valence-electron chi connectivity index (χ1n) is 9.82. The maximum atomic E-state index is 13.5. The van der Waals surface area contributed by atoms with Crippen LogP contribution < -0.4 is 14.4 Å². The number of amides is 1. The highest BCUT2D eigenvalue weighted by Gasteiger charge is 2.28. The number of benzene rings is 3. The fourth-order valence-electron chi connectivity index (χ4n) is 3.25. The standard InChI is InChI=1S/C24H26N2O4S/c1-17-9-8-12-22(19(17)3)25-24(27)16-26(20-10-6-5-7-11-20)31(28,29)21-13-14-23(30-4)18(2)15-21/h5-15H,16H2,1-4H3,(H,25,27). The molecule has 0 radical (unpaired) electrons. The van der Waals surface area contributed by atoms with Crippen molar-refractivity contribution in [2.45, 2.75) is 25.7 Å². The van der Waals surface area contributed by atoms with Crippen molar-refractivity contribution in [2.75, 3.05) is 23.3 Å². The predicted molar refractivity (Wildman–Crippen MR) is 123 cm³/mol. The van der Waals surface area contributed by atoms with E-state index >= 15 is 0 Å². The fraction of sp³-hybridized carbons (Fsp3) is 0.208. The van der Waals surface area contributed by atoms with Gasteiger partial charge in [0, 0.05) is 5.69 Å². The van der Waals surface area contributed by atoms with Crippen molar-refractivity contribution >= 4 is 27.3 Å². The number of methoxy groups -OCH3 is 1. The number of nitrogens with zero attached hydrogens (tertiary/aromatic N) is 1. The summed E-state index contributed by atoms with van der Waals surface area (Å²) in [5.41, 5.74) is 3.74. The first kappa shape index (κ1) is 22.4. The molecular weight excluding hydrogens is 412 g/mol. The summed E-state index contributed by atoms with van der Waals surface area (Å²) in [4.78, 5) is 13.0. The molecule has 0 aliphatic heterocycles. The molecule has 31 heavy (non-hydrogen) atoms. The molecule has 1 N–H and O–H groups in total. The predicted octanol–water partition coefficient (Wildman–Crippen LogP) is 4.45. The lowest BCUT2D eigenvalue weighted by Crippen LogP contribution is -2.38. The van der Waals surface area contributed by atoms with Crippen molar-refractivity contribution in [3.63, 3.8) is 0 Å². The van der Waals surface area contributed by atoms with Gasteiger partial charge < -0.3 is 10.1 Å². The highest BCUT2D eigenvalue weighted by atomic mass is 32.2. The van der Waals surface area contributed by atoms with Gasteiger partial charge in [0.15, 0.2) is 0 Å². The summed E-state index contributed by atoms with van der Waals surface area (Å²) in [5, 5.41) is 2.84. The minimum Gasteiger partial charge on any atom is -0.496 e. The Balaban J connectivity index is 1.96. The molecule has 0 aromatic heterocycles. The molecule has 0 unspecified atom stereocenters. The average Bonchev–Trinajstić information content (AvgIpc) is 2.75. The Bertz CT molecular complexity index is 1190. The van der Waals surface area contributed by atoms with Gasteiger partial charge in [0.2, 0.25) is 5.91 Å². The smallest absolute Gasteiger partial charge is 0.264 e. The molecule has 6 nitrogen and oxygen atoms in total. The topological polar surface area (TPSA) is 75.7 Å². The maximum Gasteiger partial charge on any atom is 0.264 e. The van der Waals surface area contributed by atoms with Gasteiger partial charge in [0.1, 0.15) is 12.3 Å². The Morgan fingerprint density at radius 1 is 0.935 bits per heavy atom. The molecule has 162 valence electrons. The highest BCUT2D eigenvalue weighted by molar-refractivity contribution is 7.92. The summed E-state index contributed by atoms with van der Waals surface area (Å²) in [6, 6.07) is 18.9. The van der Waals surface area contributed by atoms with Crippen molar-refractivity contribution in [1.82, 2.24) is 0 Å². The van der Waals surface area contributed by atoms with E-state index in [1.807, 2.05) is 26.0 Å². The van der Waals surface area contributed by atoms with Gasteiger partial charge in [-0.25, -0.2) is 8.42 Å². The van der Waals surface area contributed by atoms with Crippen LogP contribution in [0.5, 0.6) is 5.75 Å². The lowest BCUT2D eigenvalue weighted by atomic mass is 10.1. The number of carbonyl (C=O) groups excluding carboxylic acids is 1. The molecule has 0 aliphatic rings. The lowest BCUT2D eigenvalue weighted by molar-refractivity contribution is -0.114. The minimum atomic E-state index is -3.99. The van der Waals surface area contributed by atoms with Crippen LogP contribution in [0.25, 0.3) is 0 Å². The van der Waals surface area contributed by atoms with Crippen LogP contribution in [0.15, 0.2) is 71.6 Å². The van der Waals surface area contributed by atoms with E-state index in [0.29, 0.717) is 22.7 Å². The molecule has 0 aliphatic carbocycles. The van der Waals surface area contributed by atoms with Crippen LogP contribution in [0, 0.1) is 20.8 Å². The third-order valence-corrected chi connectivity index (χ3v) is 6.93. The summed E-state index contributed by atoms with van der Waals surface area (Å²) in [5.74, 6) is 0.171. The van der Waals surface area contributed by atoms with Gasteiger partial charge in [-0.05, 0) is 73.9 Å². The number of ether oxygens (including phenoxy) is 1. The second-order valence-electron chi connectivity index (χ2n) is 7.27. The monoisotopic (exact) mass is 438 g/mol. The summed E-state index contributed by atoms with van der Waals surface area (Å²) >= 11 is 0. The molecular formula is C24H26N2O4S. The van der Waals surface area contributed by atoms with Gasteiger partial charge in [-0.15, -0.1) is 0 Å². The van der Waals surface area contributed by atoms with Crippen LogP contribution in [0.4, 0.5) is 11.4 Å². The van der Waals surface area contributed by atoms with E-state index in [4.69, 9.17) is 4.74 Å². The second kappa shape index (κ2) is 9.22. The van der Waals surface area contributed by atoms with Crippen molar-refractivity contribution < 1.29 is 17.9 Å². The molecule has 3 aromatic rings. The van der Waals surface area contributed by atoms with Gasteiger partial charge in [0.05, 0.1) is 17.7 Å². The van der Waals surface area contributed by atoms with E-state index < -0.39 is 15.9 Å². The molecule has 0 saturated heterocycles. The average molecular weight is 439 g/mol. The van der Waals surface area contributed by atoms with E-state index in [1.165, 1.54) is 13.2 Å². The fourth-order valence-corrected chi connectivity index (χ4v) is 4.76. The van der Waals surface area contributed by atoms with E-state index in [0.717, 1.165) is 15.4 Å². The number of aryl methyl sites for hydroxylation is 2. The van der Waals surface area contributed by atoms with Gasteiger partial charge in [0.25, 0.3) is 10.0 Å². The number of anilines is 2. The largest absolute Gasteiger partial charge is 0.496 e. The maximum absolute atomic E-state index is 13.5. The van der Waals surface area contributed by atoms with Crippen molar-refractivity contribution in [3.8, 4) is 5.75 Å². The number of carbonyl (C=O) groups is 1. The Kier molecular flexibility index (Phi) is 6.65. The molecule has 0 bridgehead atoms. The second-order valence-corrected chi connectivity index (χ2v) is 9.14. The molecule has 1 amide bonds. The van der Waals surface area contributed by atoms with Crippen LogP contribution in [0.3, 0.4) is 0 Å². The normalized spacial score (nSPS) is 11.1. The molecule has 3 rings (SSSR count). The van der Waals surface area contributed by atoms with Gasteiger partial charge >= 0.3 is 0 Å². The zero-order chi connectivity index (χ0) is 22.6. The number of hydrogen-bond donors (Lipinski definition) is 1. The minimum absolute atomic E-state index is 0.0918. The summed E-state index contributed by atoms with van der Waals surface area (Å²) in [7, 11) is -2.46. The Morgan fingerprint density at radius 2 is 1.65 bits per heavy atom. The molecule has 0 atom stereocenters. The van der Waals surface area contributed by atoms with Crippen LogP contribution >= 0.6 is 0 Å². The summed E-state index contributed by atoms with van der Waals surface area (Å²) in [6.45, 7) is 5.29. The highest BCUT2D eigenvalue weighted by Crippen LogP contribution is 2.27. The number of rotatable bonds is 7. The van der Waals surface area contributed by atoms with Crippen molar-refractivity contribution in [1.29, 1.82) is 0 Å². The van der Waals surface area contributed by atoms with Crippen molar-refractivity contribution in [2.24, 2.45) is 0 Å². The third kappa shape index (κ3) is 4.88. The molecule has 3 aromatic carbocycles. The molecule has 0 spiro atoms. The molecule has 7 heteroatoms. The van der Waals surface area contributed by atoms with Crippen LogP contribution in [0.2, 0.25) is 0 Å². The van der Waals surface area contributed by atoms with Crippen LogP contribution in [-0.4, -0.2) is 28.0 Å². The Morgan fingerprint density at radius 3 is 2.29 bits per heavy atom. The first-order chi connectivity index (χ1) is 14.7. The van der Waals surface area contributed by atoms with E-state index in [-0.39, 0.29) is 11.4 Å². The zero-order valence-electron chi connectivity index (χ0n) is 18.0. The number of sulfonamides is 1. The van der Waals surface area contributed by atoms with Gasteiger partial charge in [-0.1, -0.05) is 30.3 Å². The van der Waals surface area contributed by atoms with E-state index in [2.05, 4.69) is 5.32 Å². The van der Waals surface area contributed by atoms with Crippen LogP contribution in [-0.2, 0) is 14.8 Å². The van der Waals surface area contributed by atoms with Gasteiger partial charge in [-0.3, -0.25) is 9.10 Å². The number of hydrogen-bond acceptors (Lipinski definition) is 4. The lowest BCUT2D eigenvalue weighted by Gasteiger charge is -2.24. The molecule has 0 fully saturated rings. The first-order valence-corrected chi connectivity index (χ1v) is 11.3. The quantitative estimate of drug-likeness (QED) is 0.591.